The fourth-order valence-electron chi connectivity index (χ4n) is 2.26. The minimum absolute atomic E-state index is 0.0811. The quantitative estimate of drug-likeness (QED) is 0.710. The van der Waals surface area contributed by atoms with Gasteiger partial charge in [-0.15, -0.1) is 0 Å². The van der Waals surface area contributed by atoms with Gasteiger partial charge >= 0.3 is 0 Å². The number of rotatable bonds is 0. The van der Waals surface area contributed by atoms with Gasteiger partial charge in [-0.05, 0) is 43.7 Å². The highest BCUT2D eigenvalue weighted by molar-refractivity contribution is 5.95. The lowest BCUT2D eigenvalue weighted by molar-refractivity contribution is -0.119. The molecule has 152 valence electrons. The molecule has 2 N–H and O–H groups in total. The third-order valence-corrected chi connectivity index (χ3v) is 3.38. The number of aromatic nitrogens is 1. The van der Waals surface area contributed by atoms with Gasteiger partial charge in [0.05, 0.1) is 5.69 Å². The second kappa shape index (κ2) is 11.6. The number of aryl methyl sites for hydroxylation is 2. The van der Waals surface area contributed by atoms with Crippen molar-refractivity contribution in [3.8, 4) is 11.5 Å². The summed E-state index contributed by atoms with van der Waals surface area (Å²) in [5.41, 5.74) is 2.74. The molecule has 2 aliphatic rings. The number of fused-ring (bicyclic) bond motifs is 2. The van der Waals surface area contributed by atoms with E-state index in [-0.39, 0.29) is 25.0 Å². The first-order valence-corrected chi connectivity index (χ1v) is 9.45. The van der Waals surface area contributed by atoms with Gasteiger partial charge < -0.3 is 20.1 Å². The Morgan fingerprint density at radius 1 is 0.821 bits per heavy atom. The summed E-state index contributed by atoms with van der Waals surface area (Å²) in [6.07, 6.45) is 0. The van der Waals surface area contributed by atoms with Crippen molar-refractivity contribution >= 4 is 23.3 Å². The van der Waals surface area contributed by atoms with Crippen molar-refractivity contribution in [2.75, 3.05) is 23.8 Å². The lowest BCUT2D eigenvalue weighted by Gasteiger charge is -2.17. The molecule has 0 fully saturated rings. The first-order valence-electron chi connectivity index (χ1n) is 9.45. The zero-order valence-electron chi connectivity index (χ0n) is 17.4. The summed E-state index contributed by atoms with van der Waals surface area (Å²) in [7, 11) is 0. The molecule has 3 heterocycles. The highest BCUT2D eigenvalue weighted by Gasteiger charge is 2.16. The van der Waals surface area contributed by atoms with E-state index in [9.17, 15) is 9.59 Å². The molecule has 2 amide bonds. The molecule has 7 nitrogen and oxygen atoms in total. The van der Waals surface area contributed by atoms with E-state index in [0.29, 0.717) is 11.6 Å². The van der Waals surface area contributed by atoms with E-state index in [2.05, 4.69) is 15.6 Å². The Bertz CT molecular complexity index is 739. The van der Waals surface area contributed by atoms with Gasteiger partial charge in [-0.2, -0.15) is 0 Å². The Morgan fingerprint density at radius 2 is 1.39 bits per heavy atom. The number of amides is 2. The van der Waals surface area contributed by atoms with Gasteiger partial charge in [-0.25, -0.2) is 4.98 Å². The number of carbonyl (C=O) groups is 2. The summed E-state index contributed by atoms with van der Waals surface area (Å²) < 4.78 is 10.3. The number of benzene rings is 1. The van der Waals surface area contributed by atoms with E-state index in [1.54, 1.807) is 6.07 Å². The van der Waals surface area contributed by atoms with Crippen LogP contribution in [0.15, 0.2) is 30.3 Å². The Kier molecular flexibility index (Phi) is 9.50. The smallest absolute Gasteiger partial charge is 0.263 e. The topological polar surface area (TPSA) is 89.5 Å². The van der Waals surface area contributed by atoms with Crippen molar-refractivity contribution in [1.29, 1.82) is 0 Å². The van der Waals surface area contributed by atoms with Crippen molar-refractivity contribution < 1.29 is 19.1 Å². The monoisotopic (exact) mass is 387 g/mol. The molecule has 0 radical (unpaired) electrons. The largest absolute Gasteiger partial charge is 0.482 e. The Labute approximate surface area is 166 Å². The predicted molar refractivity (Wildman–Crippen MR) is 111 cm³/mol. The van der Waals surface area contributed by atoms with Crippen LogP contribution in [0.2, 0.25) is 0 Å². The number of pyridine rings is 1. The van der Waals surface area contributed by atoms with Crippen LogP contribution >= 0.6 is 0 Å². The molecule has 0 unspecified atom stereocenters. The van der Waals surface area contributed by atoms with Gasteiger partial charge in [0, 0.05) is 5.69 Å². The van der Waals surface area contributed by atoms with Gasteiger partial charge in [0.25, 0.3) is 11.8 Å². The second-order valence-corrected chi connectivity index (χ2v) is 5.47. The minimum atomic E-state index is -0.152. The molecule has 7 heteroatoms. The molecule has 0 saturated carbocycles. The first kappa shape index (κ1) is 23.0. The van der Waals surface area contributed by atoms with E-state index in [1.165, 1.54) is 0 Å². The molecule has 28 heavy (non-hydrogen) atoms. The molecular formula is C21H29N3O4. The molecule has 0 bridgehead atoms. The molecule has 0 saturated heterocycles. The molecule has 0 atom stereocenters. The lowest BCUT2D eigenvalue weighted by Crippen LogP contribution is -2.26. The summed E-state index contributed by atoms with van der Waals surface area (Å²) in [5, 5.41) is 5.36. The van der Waals surface area contributed by atoms with Gasteiger partial charge in [0.1, 0.15) is 5.75 Å². The predicted octanol–water partition coefficient (Wildman–Crippen LogP) is 4.10. The average molecular weight is 387 g/mol. The minimum Gasteiger partial charge on any atom is -0.482 e. The maximum atomic E-state index is 10.9. The van der Waals surface area contributed by atoms with Crippen LogP contribution in [-0.2, 0) is 9.59 Å². The number of anilines is 2. The number of nitrogens with zero attached hydrogens (tertiary/aromatic N) is 1. The SMILES string of the molecule is CC.CC.Cc1ccc2c(c1)NC(=O)CO2.Cc1ccc2c(n1)NC(=O)CO2. The highest BCUT2D eigenvalue weighted by Crippen LogP contribution is 2.28. The third-order valence-electron chi connectivity index (χ3n) is 3.38. The maximum Gasteiger partial charge on any atom is 0.263 e. The molecule has 2 aromatic rings. The van der Waals surface area contributed by atoms with E-state index < -0.39 is 0 Å². The van der Waals surface area contributed by atoms with Crippen LogP contribution in [0.1, 0.15) is 39.0 Å². The van der Waals surface area contributed by atoms with Crippen LogP contribution in [0.5, 0.6) is 11.5 Å². The molecule has 0 aliphatic carbocycles. The van der Waals surface area contributed by atoms with Crippen molar-refractivity contribution in [3.05, 3.63) is 41.6 Å². The van der Waals surface area contributed by atoms with Crippen LogP contribution in [0.25, 0.3) is 0 Å². The van der Waals surface area contributed by atoms with Crippen LogP contribution in [-0.4, -0.2) is 30.0 Å². The highest BCUT2D eigenvalue weighted by atomic mass is 16.5. The van der Waals surface area contributed by atoms with Crippen molar-refractivity contribution in [1.82, 2.24) is 4.98 Å². The standard InChI is InChI=1S/C9H9NO2.C8H8N2O2.2C2H6/c1-6-2-3-8-7(4-6)10-9(11)5-12-8;1-5-2-3-6-8(9-5)10-7(11)4-12-6;2*1-2/h2-4H,5H2,1H3,(H,10,11);2-3H,4H2,1H3,(H,9,10,11);2*1-2H3. The van der Waals surface area contributed by atoms with E-state index >= 15 is 0 Å². The Morgan fingerprint density at radius 3 is 2.07 bits per heavy atom. The van der Waals surface area contributed by atoms with Crippen LogP contribution < -0.4 is 20.1 Å². The van der Waals surface area contributed by atoms with Gasteiger partial charge in [0.2, 0.25) is 0 Å². The fourth-order valence-corrected chi connectivity index (χ4v) is 2.26. The molecule has 4 rings (SSSR count). The normalized spacial score (nSPS) is 12.9. The maximum absolute atomic E-state index is 10.9. The summed E-state index contributed by atoms with van der Waals surface area (Å²) >= 11 is 0. The number of hydrogen-bond donors (Lipinski definition) is 2. The average Bonchev–Trinajstić information content (AvgIpc) is 2.71. The summed E-state index contributed by atoms with van der Waals surface area (Å²) in [6, 6.07) is 9.36. The van der Waals surface area contributed by atoms with Crippen LogP contribution in [0.3, 0.4) is 0 Å². The van der Waals surface area contributed by atoms with E-state index in [0.717, 1.165) is 22.7 Å². The first-order chi connectivity index (χ1) is 13.5. The zero-order chi connectivity index (χ0) is 21.1. The van der Waals surface area contributed by atoms with E-state index in [1.807, 2.05) is 65.8 Å². The molecular weight excluding hydrogens is 358 g/mol. The van der Waals surface area contributed by atoms with Gasteiger partial charge in [-0.1, -0.05) is 33.8 Å². The van der Waals surface area contributed by atoms with Crippen molar-refractivity contribution in [2.24, 2.45) is 0 Å². The summed E-state index contributed by atoms with van der Waals surface area (Å²) in [5.74, 6) is 1.67. The van der Waals surface area contributed by atoms with Crippen LogP contribution in [0, 0.1) is 13.8 Å². The molecule has 2 aliphatic heterocycles. The van der Waals surface area contributed by atoms with Crippen molar-refractivity contribution in [2.45, 2.75) is 41.5 Å². The fraction of sp³-hybridized carbons (Fsp3) is 0.381. The number of nitrogens with one attached hydrogen (secondary N) is 2. The van der Waals surface area contributed by atoms with Gasteiger partial charge in [-0.3, -0.25) is 9.59 Å². The molecule has 0 spiro atoms. The summed E-state index contributed by atoms with van der Waals surface area (Å²) in [6.45, 7) is 12.0. The van der Waals surface area contributed by atoms with Crippen molar-refractivity contribution in [3.63, 3.8) is 0 Å². The zero-order valence-corrected chi connectivity index (χ0v) is 17.4. The van der Waals surface area contributed by atoms with E-state index in [4.69, 9.17) is 9.47 Å². The lowest BCUT2D eigenvalue weighted by atomic mass is 10.2. The second-order valence-electron chi connectivity index (χ2n) is 5.47. The Balaban J connectivity index is 0.000000238. The molecule has 1 aromatic carbocycles. The number of ether oxygens (including phenoxy) is 2. The third kappa shape index (κ3) is 6.57. The Hall–Kier alpha value is -3.09. The van der Waals surface area contributed by atoms with Gasteiger partial charge in [0.15, 0.2) is 24.8 Å². The molecule has 1 aromatic heterocycles. The number of carbonyl (C=O) groups excluding carboxylic acids is 2. The summed E-state index contributed by atoms with van der Waals surface area (Å²) in [4.78, 5) is 25.9. The number of hydrogen-bond acceptors (Lipinski definition) is 5. The van der Waals surface area contributed by atoms with Crippen LogP contribution in [0.4, 0.5) is 11.5 Å².